The average Bonchev–Trinajstić information content (AvgIpc) is 2.45. The Bertz CT molecular complexity index is 614. The minimum atomic E-state index is -0.186. The van der Waals surface area contributed by atoms with Gasteiger partial charge in [-0.2, -0.15) is 0 Å². The Labute approximate surface area is 106 Å². The number of allylic oxidation sites excluding steroid dienone is 2. The molecule has 0 aliphatic heterocycles. The van der Waals surface area contributed by atoms with E-state index in [-0.39, 0.29) is 11.7 Å². The molecule has 0 amide bonds. The standard InChI is InChI=1S/C16H13NO/c1-11-14(12-7-3-2-4-8-12)15(16(11)18)13-9-5-6-10-17-13/h2-10,15H,1H3. The summed E-state index contributed by atoms with van der Waals surface area (Å²) >= 11 is 0. The van der Waals surface area contributed by atoms with Crippen molar-refractivity contribution in [1.29, 1.82) is 0 Å². The van der Waals surface area contributed by atoms with Crippen molar-refractivity contribution in [3.8, 4) is 0 Å². The van der Waals surface area contributed by atoms with E-state index in [2.05, 4.69) is 4.98 Å². The van der Waals surface area contributed by atoms with Crippen LogP contribution in [0.5, 0.6) is 0 Å². The van der Waals surface area contributed by atoms with E-state index in [0.717, 1.165) is 22.4 Å². The lowest BCUT2D eigenvalue weighted by molar-refractivity contribution is -0.117. The van der Waals surface area contributed by atoms with E-state index in [0.29, 0.717) is 0 Å². The molecule has 0 radical (unpaired) electrons. The predicted molar refractivity (Wildman–Crippen MR) is 71.0 cm³/mol. The van der Waals surface area contributed by atoms with Crippen LogP contribution in [0.3, 0.4) is 0 Å². The van der Waals surface area contributed by atoms with E-state index >= 15 is 0 Å². The highest BCUT2D eigenvalue weighted by atomic mass is 16.1. The van der Waals surface area contributed by atoms with Gasteiger partial charge in [0, 0.05) is 6.20 Å². The lowest BCUT2D eigenvalue weighted by Crippen LogP contribution is -2.27. The van der Waals surface area contributed by atoms with Gasteiger partial charge in [-0.25, -0.2) is 0 Å². The van der Waals surface area contributed by atoms with Crippen LogP contribution in [0.15, 0.2) is 60.3 Å². The first-order chi connectivity index (χ1) is 8.79. The normalized spacial score (nSPS) is 18.7. The van der Waals surface area contributed by atoms with E-state index in [9.17, 15) is 4.79 Å². The zero-order chi connectivity index (χ0) is 12.5. The average molecular weight is 235 g/mol. The maximum atomic E-state index is 12.0. The minimum absolute atomic E-state index is 0.186. The van der Waals surface area contributed by atoms with Crippen LogP contribution in [0.2, 0.25) is 0 Å². The molecule has 1 atom stereocenters. The van der Waals surface area contributed by atoms with E-state index in [1.54, 1.807) is 6.20 Å². The number of carbonyl (C=O) groups is 1. The van der Waals surface area contributed by atoms with Crippen molar-refractivity contribution in [3.63, 3.8) is 0 Å². The molecule has 1 aromatic heterocycles. The van der Waals surface area contributed by atoms with Crippen molar-refractivity contribution in [2.24, 2.45) is 0 Å². The first-order valence-corrected chi connectivity index (χ1v) is 6.00. The summed E-state index contributed by atoms with van der Waals surface area (Å²) in [6, 6.07) is 15.8. The first kappa shape index (κ1) is 10.9. The third kappa shape index (κ3) is 1.58. The second kappa shape index (κ2) is 4.22. The summed E-state index contributed by atoms with van der Waals surface area (Å²) in [5.41, 5.74) is 3.92. The summed E-state index contributed by atoms with van der Waals surface area (Å²) in [4.78, 5) is 16.4. The van der Waals surface area contributed by atoms with E-state index in [4.69, 9.17) is 0 Å². The molecule has 1 aliphatic rings. The number of nitrogens with zero attached hydrogens (tertiary/aromatic N) is 1. The Hall–Kier alpha value is -2.22. The molecule has 1 aliphatic carbocycles. The number of hydrogen-bond acceptors (Lipinski definition) is 2. The highest BCUT2D eigenvalue weighted by Gasteiger charge is 2.38. The molecular formula is C16H13NO. The quantitative estimate of drug-likeness (QED) is 0.800. The minimum Gasteiger partial charge on any atom is -0.293 e. The number of carbonyl (C=O) groups excluding carboxylic acids is 1. The predicted octanol–water partition coefficient (Wildman–Crippen LogP) is 3.22. The van der Waals surface area contributed by atoms with Crippen LogP contribution in [0.25, 0.3) is 5.57 Å². The zero-order valence-electron chi connectivity index (χ0n) is 10.1. The third-order valence-electron chi connectivity index (χ3n) is 3.39. The Kier molecular flexibility index (Phi) is 2.56. The first-order valence-electron chi connectivity index (χ1n) is 6.00. The summed E-state index contributed by atoms with van der Waals surface area (Å²) in [5, 5.41) is 0. The van der Waals surface area contributed by atoms with Crippen LogP contribution in [0, 0.1) is 0 Å². The highest BCUT2D eigenvalue weighted by molar-refractivity contribution is 6.21. The van der Waals surface area contributed by atoms with Gasteiger partial charge in [0.2, 0.25) is 0 Å². The Morgan fingerprint density at radius 1 is 1.00 bits per heavy atom. The van der Waals surface area contributed by atoms with Crippen molar-refractivity contribution < 1.29 is 4.79 Å². The second-order valence-corrected chi connectivity index (χ2v) is 4.46. The molecule has 0 N–H and O–H groups in total. The monoisotopic (exact) mass is 235 g/mol. The van der Waals surface area contributed by atoms with Gasteiger partial charge >= 0.3 is 0 Å². The van der Waals surface area contributed by atoms with Gasteiger partial charge in [0.15, 0.2) is 5.78 Å². The fourth-order valence-electron chi connectivity index (χ4n) is 2.45. The van der Waals surface area contributed by atoms with Crippen molar-refractivity contribution in [2.75, 3.05) is 0 Å². The maximum Gasteiger partial charge on any atom is 0.172 e. The van der Waals surface area contributed by atoms with Crippen molar-refractivity contribution >= 4 is 11.4 Å². The summed E-state index contributed by atoms with van der Waals surface area (Å²) < 4.78 is 0. The van der Waals surface area contributed by atoms with Gasteiger partial charge in [-0.05, 0) is 35.8 Å². The van der Waals surface area contributed by atoms with Crippen LogP contribution in [0.4, 0.5) is 0 Å². The molecule has 1 aromatic carbocycles. The van der Waals surface area contributed by atoms with Crippen LogP contribution >= 0.6 is 0 Å². The fraction of sp³-hybridized carbons (Fsp3) is 0.125. The number of Topliss-reactive ketones (excluding diaryl/α,β-unsaturated/α-hetero) is 1. The highest BCUT2D eigenvalue weighted by Crippen LogP contribution is 2.44. The van der Waals surface area contributed by atoms with Crippen LogP contribution in [-0.2, 0) is 4.79 Å². The largest absolute Gasteiger partial charge is 0.293 e. The molecule has 1 heterocycles. The van der Waals surface area contributed by atoms with Gasteiger partial charge in [-0.3, -0.25) is 9.78 Å². The fourth-order valence-corrected chi connectivity index (χ4v) is 2.45. The molecule has 0 spiro atoms. The van der Waals surface area contributed by atoms with Gasteiger partial charge in [0.05, 0.1) is 11.6 Å². The van der Waals surface area contributed by atoms with E-state index < -0.39 is 0 Å². The number of benzene rings is 1. The van der Waals surface area contributed by atoms with Gasteiger partial charge in [0.25, 0.3) is 0 Å². The summed E-state index contributed by atoms with van der Waals surface area (Å²) in [6.45, 7) is 1.89. The van der Waals surface area contributed by atoms with Crippen molar-refractivity contribution in [2.45, 2.75) is 12.8 Å². The molecule has 2 heteroatoms. The van der Waals surface area contributed by atoms with E-state index in [1.807, 2.05) is 55.5 Å². The Morgan fingerprint density at radius 2 is 1.72 bits per heavy atom. The van der Waals surface area contributed by atoms with Crippen LogP contribution < -0.4 is 0 Å². The molecule has 2 nitrogen and oxygen atoms in total. The van der Waals surface area contributed by atoms with Gasteiger partial charge in [0.1, 0.15) is 0 Å². The van der Waals surface area contributed by atoms with Gasteiger partial charge < -0.3 is 0 Å². The number of rotatable bonds is 2. The summed E-state index contributed by atoms with van der Waals surface area (Å²) in [6.07, 6.45) is 1.74. The topological polar surface area (TPSA) is 30.0 Å². The van der Waals surface area contributed by atoms with Gasteiger partial charge in [-0.1, -0.05) is 36.4 Å². The SMILES string of the molecule is CC1=C(c2ccccc2)C(c2ccccn2)C1=O. The van der Waals surface area contributed by atoms with E-state index in [1.165, 1.54) is 0 Å². The van der Waals surface area contributed by atoms with Crippen LogP contribution in [-0.4, -0.2) is 10.8 Å². The third-order valence-corrected chi connectivity index (χ3v) is 3.39. The number of aromatic nitrogens is 1. The Balaban J connectivity index is 2.07. The molecule has 1 unspecified atom stereocenters. The molecule has 0 saturated heterocycles. The number of hydrogen-bond donors (Lipinski definition) is 0. The molecule has 18 heavy (non-hydrogen) atoms. The molecule has 0 saturated carbocycles. The molecule has 0 bridgehead atoms. The van der Waals surface area contributed by atoms with Gasteiger partial charge in [-0.15, -0.1) is 0 Å². The molecular weight excluding hydrogens is 222 g/mol. The molecule has 88 valence electrons. The Morgan fingerprint density at radius 3 is 2.39 bits per heavy atom. The van der Waals surface area contributed by atoms with Crippen molar-refractivity contribution in [1.82, 2.24) is 4.98 Å². The van der Waals surface area contributed by atoms with Crippen molar-refractivity contribution in [3.05, 3.63) is 71.6 Å². The summed E-state index contributed by atoms with van der Waals surface area (Å²) in [7, 11) is 0. The zero-order valence-corrected chi connectivity index (χ0v) is 10.1. The molecule has 2 aromatic rings. The number of pyridine rings is 1. The molecule has 0 fully saturated rings. The maximum absolute atomic E-state index is 12.0. The number of ketones is 1. The molecule has 3 rings (SSSR count). The summed E-state index contributed by atoms with van der Waals surface area (Å²) in [5.74, 6) is 0.00107. The van der Waals surface area contributed by atoms with Crippen LogP contribution in [0.1, 0.15) is 24.1 Å². The second-order valence-electron chi connectivity index (χ2n) is 4.46. The lowest BCUT2D eigenvalue weighted by Gasteiger charge is -2.30. The smallest absolute Gasteiger partial charge is 0.172 e. The lowest BCUT2D eigenvalue weighted by atomic mass is 9.72.